The second-order valence-electron chi connectivity index (χ2n) is 3.17. The number of carbonyl (C=O) groups excluding carboxylic acids is 1. The van der Waals surface area contributed by atoms with Crippen LogP contribution in [0.4, 0.5) is 0 Å². The number of methoxy groups -OCH3 is 1. The zero-order valence-electron chi connectivity index (χ0n) is 9.83. The van der Waals surface area contributed by atoms with Crippen molar-refractivity contribution < 1.29 is 29.8 Å². The Kier molecular flexibility index (Phi) is 9.61. The number of benzene rings is 1. The van der Waals surface area contributed by atoms with Gasteiger partial charge in [0.1, 0.15) is 12.7 Å². The number of hydrogen-bond acceptors (Lipinski definition) is 7. The lowest BCUT2D eigenvalue weighted by molar-refractivity contribution is -0.289. The first-order chi connectivity index (χ1) is 8.73. The monoisotopic (exact) mass is 257 g/mol. The zero-order valence-corrected chi connectivity index (χ0v) is 9.83. The van der Waals surface area contributed by atoms with Crippen LogP contribution in [0.2, 0.25) is 0 Å². The van der Waals surface area contributed by atoms with Crippen molar-refractivity contribution in [3.63, 3.8) is 0 Å². The largest absolute Gasteiger partial charge is 0.381 e. The van der Waals surface area contributed by atoms with E-state index in [1.54, 1.807) is 24.3 Å². The molecule has 0 aliphatic rings. The smallest absolute Gasteiger partial charge is 0.231 e. The molecule has 0 bridgehead atoms. The lowest BCUT2D eigenvalue weighted by Gasteiger charge is -2.12. The van der Waals surface area contributed by atoms with Crippen LogP contribution in [0.1, 0.15) is 17.2 Å². The average molecular weight is 257 g/mol. The minimum Gasteiger partial charge on any atom is -0.381 e. The molecule has 0 aliphatic carbocycles. The Bertz CT molecular complexity index is 347. The van der Waals surface area contributed by atoms with Gasteiger partial charge in [-0.3, -0.25) is 10.5 Å². The van der Waals surface area contributed by atoms with Crippen LogP contribution in [0.25, 0.3) is 0 Å². The van der Waals surface area contributed by atoms with E-state index < -0.39 is 6.10 Å². The highest BCUT2D eigenvalue weighted by atomic mass is 17.1. The van der Waals surface area contributed by atoms with Crippen molar-refractivity contribution in [1.82, 2.24) is 0 Å². The number of isocyanates is 1. The maximum Gasteiger partial charge on any atom is 0.231 e. The van der Waals surface area contributed by atoms with Crippen molar-refractivity contribution in [2.45, 2.75) is 12.7 Å². The SMILES string of the molecule is COCC(OO)c1ccc(COO)cc1.N=C=O. The van der Waals surface area contributed by atoms with E-state index in [0.717, 1.165) is 17.2 Å². The van der Waals surface area contributed by atoms with Crippen molar-refractivity contribution in [1.29, 1.82) is 5.41 Å². The van der Waals surface area contributed by atoms with Crippen LogP contribution in [-0.2, 0) is 25.9 Å². The summed E-state index contributed by atoms with van der Waals surface area (Å²) in [5.41, 5.74) is 1.62. The third-order valence-corrected chi connectivity index (χ3v) is 2.03. The molecular formula is C11H15NO6. The maximum atomic E-state index is 8.64. The second-order valence-corrected chi connectivity index (χ2v) is 3.17. The van der Waals surface area contributed by atoms with Gasteiger partial charge in [0.25, 0.3) is 0 Å². The number of ether oxygens (including phenoxy) is 1. The molecule has 1 atom stereocenters. The predicted octanol–water partition coefficient (Wildman–Crippen LogP) is 1.75. The fourth-order valence-electron chi connectivity index (χ4n) is 1.24. The summed E-state index contributed by atoms with van der Waals surface area (Å²) in [6, 6.07) is 7.09. The standard InChI is InChI=1S/C10H14O5.CHNO/c1-13-7-10(15-12)9-4-2-8(3-5-9)6-14-11;2-1-3/h2-5,10-12H,6-7H2,1H3;2H. The molecule has 7 heteroatoms. The van der Waals surface area contributed by atoms with E-state index in [2.05, 4.69) is 9.78 Å². The first-order valence-electron chi connectivity index (χ1n) is 4.91. The van der Waals surface area contributed by atoms with Gasteiger partial charge in [0.15, 0.2) is 0 Å². The molecule has 0 aromatic heterocycles. The highest BCUT2D eigenvalue weighted by Gasteiger charge is 2.11. The first kappa shape index (κ1) is 16.4. The third kappa shape index (κ3) is 6.21. The van der Waals surface area contributed by atoms with Gasteiger partial charge < -0.3 is 4.74 Å². The molecule has 0 spiro atoms. The van der Waals surface area contributed by atoms with Gasteiger partial charge in [-0.2, -0.15) is 0 Å². The average Bonchev–Trinajstić information content (AvgIpc) is 2.38. The molecule has 0 saturated heterocycles. The molecule has 0 aliphatic heterocycles. The van der Waals surface area contributed by atoms with Crippen LogP contribution >= 0.6 is 0 Å². The lowest BCUT2D eigenvalue weighted by atomic mass is 10.1. The van der Waals surface area contributed by atoms with E-state index in [4.69, 9.17) is 25.5 Å². The van der Waals surface area contributed by atoms with Gasteiger partial charge >= 0.3 is 0 Å². The summed E-state index contributed by atoms with van der Waals surface area (Å²) >= 11 is 0. The summed E-state index contributed by atoms with van der Waals surface area (Å²) in [5, 5.41) is 22.3. The van der Waals surface area contributed by atoms with E-state index in [1.807, 2.05) is 0 Å². The normalized spacial score (nSPS) is 11.1. The van der Waals surface area contributed by atoms with Gasteiger partial charge in [-0.15, -0.1) is 0 Å². The molecule has 7 nitrogen and oxygen atoms in total. The van der Waals surface area contributed by atoms with Crippen LogP contribution in [0.5, 0.6) is 0 Å². The molecule has 18 heavy (non-hydrogen) atoms. The van der Waals surface area contributed by atoms with Gasteiger partial charge in [0.2, 0.25) is 6.08 Å². The molecule has 1 aromatic carbocycles. The van der Waals surface area contributed by atoms with Crippen molar-refractivity contribution >= 4 is 6.08 Å². The molecule has 0 heterocycles. The van der Waals surface area contributed by atoms with Gasteiger partial charge in [0, 0.05) is 7.11 Å². The number of nitrogens with one attached hydrogen (secondary N) is 1. The third-order valence-electron chi connectivity index (χ3n) is 2.03. The summed E-state index contributed by atoms with van der Waals surface area (Å²) in [4.78, 5) is 16.6. The van der Waals surface area contributed by atoms with Gasteiger partial charge in [-0.05, 0) is 11.1 Å². The molecule has 3 N–H and O–H groups in total. The highest BCUT2D eigenvalue weighted by Crippen LogP contribution is 2.17. The molecule has 100 valence electrons. The molecule has 0 fully saturated rings. The Morgan fingerprint density at radius 2 is 1.89 bits per heavy atom. The van der Waals surface area contributed by atoms with Crippen molar-refractivity contribution in [2.75, 3.05) is 13.7 Å². The van der Waals surface area contributed by atoms with Crippen molar-refractivity contribution in [3.05, 3.63) is 35.4 Å². The molecule has 0 saturated carbocycles. The Labute approximate surface area is 104 Å². The second kappa shape index (κ2) is 10.5. The number of hydrogen-bond donors (Lipinski definition) is 3. The molecule has 1 unspecified atom stereocenters. The van der Waals surface area contributed by atoms with E-state index in [1.165, 1.54) is 7.11 Å². The Balaban J connectivity index is 0.000000873. The summed E-state index contributed by atoms with van der Waals surface area (Å²) in [6.07, 6.45) is 0.249. The van der Waals surface area contributed by atoms with E-state index in [9.17, 15) is 0 Å². The summed E-state index contributed by atoms with van der Waals surface area (Å²) < 4.78 is 4.88. The fourth-order valence-corrected chi connectivity index (χ4v) is 1.24. The quantitative estimate of drug-likeness (QED) is 0.310. The zero-order chi connectivity index (χ0) is 13.8. The summed E-state index contributed by atoms with van der Waals surface area (Å²) in [6.45, 7) is 0.404. The number of rotatable bonds is 6. The summed E-state index contributed by atoms with van der Waals surface area (Å²) in [5.74, 6) is 0. The van der Waals surface area contributed by atoms with Gasteiger partial charge in [-0.1, -0.05) is 24.3 Å². The van der Waals surface area contributed by atoms with E-state index in [-0.39, 0.29) is 13.2 Å². The molecule has 0 amide bonds. The molecule has 1 rings (SSSR count). The van der Waals surface area contributed by atoms with E-state index >= 15 is 0 Å². The van der Waals surface area contributed by atoms with Crippen LogP contribution in [-0.4, -0.2) is 30.3 Å². The Morgan fingerprint density at radius 1 is 1.33 bits per heavy atom. The fraction of sp³-hybridized carbons (Fsp3) is 0.364. The van der Waals surface area contributed by atoms with Gasteiger partial charge in [0.05, 0.1) is 6.61 Å². The first-order valence-corrected chi connectivity index (χ1v) is 4.91. The van der Waals surface area contributed by atoms with Crippen LogP contribution in [0.15, 0.2) is 24.3 Å². The van der Waals surface area contributed by atoms with Crippen LogP contribution in [0, 0.1) is 5.41 Å². The topological polar surface area (TPSA) is 109 Å². The van der Waals surface area contributed by atoms with Crippen LogP contribution < -0.4 is 0 Å². The van der Waals surface area contributed by atoms with E-state index in [0.29, 0.717) is 0 Å². The molecule has 0 radical (unpaired) electrons. The lowest BCUT2D eigenvalue weighted by Crippen LogP contribution is -2.08. The maximum absolute atomic E-state index is 8.64. The molecule has 1 aromatic rings. The highest BCUT2D eigenvalue weighted by molar-refractivity contribution is 5.26. The van der Waals surface area contributed by atoms with Crippen molar-refractivity contribution in [2.24, 2.45) is 0 Å². The summed E-state index contributed by atoms with van der Waals surface area (Å²) in [7, 11) is 1.53. The van der Waals surface area contributed by atoms with Gasteiger partial charge in [-0.25, -0.2) is 20.0 Å². The minimum atomic E-state index is -0.501. The Morgan fingerprint density at radius 3 is 2.28 bits per heavy atom. The molecular weight excluding hydrogens is 242 g/mol. The Hall–Kier alpha value is -1.60. The van der Waals surface area contributed by atoms with Crippen LogP contribution in [0.3, 0.4) is 0 Å². The van der Waals surface area contributed by atoms with Crippen molar-refractivity contribution in [3.8, 4) is 0 Å². The predicted molar refractivity (Wildman–Crippen MR) is 60.6 cm³/mol. The minimum absolute atomic E-state index is 0.134.